The van der Waals surface area contributed by atoms with E-state index in [0.29, 0.717) is 16.3 Å². The molecule has 4 nitrogen and oxygen atoms in total. The third-order valence-corrected chi connectivity index (χ3v) is 3.76. The summed E-state index contributed by atoms with van der Waals surface area (Å²) in [6, 6.07) is 13.7. The van der Waals surface area contributed by atoms with Crippen molar-refractivity contribution in [3.63, 3.8) is 0 Å². The van der Waals surface area contributed by atoms with Gasteiger partial charge in [-0.3, -0.25) is 4.79 Å². The van der Waals surface area contributed by atoms with Crippen LogP contribution in [0.1, 0.15) is 23.6 Å². The number of hydrogen-bond acceptors (Lipinski definition) is 3. The number of nitrogens with zero attached hydrogens (tertiary/aromatic N) is 2. The fourth-order valence-electron chi connectivity index (χ4n) is 2.64. The lowest BCUT2D eigenvalue weighted by Crippen LogP contribution is -2.38. The average Bonchev–Trinajstić information content (AvgIpc) is 2.99. The van der Waals surface area contributed by atoms with Crippen molar-refractivity contribution in [2.75, 3.05) is 0 Å². The van der Waals surface area contributed by atoms with Gasteiger partial charge in [0.2, 0.25) is 0 Å². The van der Waals surface area contributed by atoms with E-state index in [-0.39, 0.29) is 17.7 Å². The van der Waals surface area contributed by atoms with Crippen LogP contribution in [0.4, 0.5) is 13.2 Å². The van der Waals surface area contributed by atoms with Gasteiger partial charge in [0, 0.05) is 12.0 Å². The highest BCUT2D eigenvalue weighted by atomic mass is 19.4. The first-order valence-electron chi connectivity index (χ1n) is 7.19. The van der Waals surface area contributed by atoms with Crippen LogP contribution in [-0.4, -0.2) is 27.9 Å². The Balaban J connectivity index is 2.03. The molecule has 1 atom stereocenters. The van der Waals surface area contributed by atoms with Crippen molar-refractivity contribution in [2.24, 2.45) is 5.10 Å². The summed E-state index contributed by atoms with van der Waals surface area (Å²) in [4.78, 5) is 11.8. The Hall–Kier alpha value is -2.83. The summed E-state index contributed by atoms with van der Waals surface area (Å²) in [6.07, 6.45) is -4.96. The summed E-state index contributed by atoms with van der Waals surface area (Å²) in [6.45, 7) is 0. The molecule has 0 saturated heterocycles. The maximum atomic E-state index is 12.9. The second-order valence-electron chi connectivity index (χ2n) is 5.34. The van der Waals surface area contributed by atoms with Gasteiger partial charge in [0.25, 0.3) is 0 Å². The van der Waals surface area contributed by atoms with E-state index in [1.807, 2.05) is 0 Å². The minimum Gasteiger partial charge on any atom is -0.508 e. The van der Waals surface area contributed by atoms with Gasteiger partial charge >= 0.3 is 12.1 Å². The number of phenolic OH excluding ortho intramolecular Hbond substituents is 1. The van der Waals surface area contributed by atoms with Crippen molar-refractivity contribution in [3.05, 3.63) is 65.7 Å². The summed E-state index contributed by atoms with van der Waals surface area (Å²) in [7, 11) is 0. The molecule has 0 radical (unpaired) electrons. The minimum absolute atomic E-state index is 0.0867. The Morgan fingerprint density at radius 3 is 2.33 bits per heavy atom. The Kier molecular flexibility index (Phi) is 4.01. The van der Waals surface area contributed by atoms with Crippen molar-refractivity contribution < 1.29 is 23.1 Å². The van der Waals surface area contributed by atoms with Crippen LogP contribution in [0.25, 0.3) is 0 Å². The largest absolute Gasteiger partial charge is 0.508 e. The summed E-state index contributed by atoms with van der Waals surface area (Å²) in [5, 5.41) is 14.3. The molecule has 0 spiro atoms. The van der Waals surface area contributed by atoms with Gasteiger partial charge in [0.1, 0.15) is 5.75 Å². The third-order valence-electron chi connectivity index (χ3n) is 3.76. The number of hydrogen-bond donors (Lipinski definition) is 1. The first-order chi connectivity index (χ1) is 11.4. The molecule has 0 bridgehead atoms. The van der Waals surface area contributed by atoms with Crippen molar-refractivity contribution in [1.82, 2.24) is 5.01 Å². The first-order valence-corrected chi connectivity index (χ1v) is 7.19. The smallest absolute Gasteiger partial charge is 0.473 e. The second-order valence-corrected chi connectivity index (χ2v) is 5.34. The summed E-state index contributed by atoms with van der Waals surface area (Å²) in [5.74, 6) is -2.23. The molecule has 0 aliphatic carbocycles. The average molecular weight is 334 g/mol. The van der Waals surface area contributed by atoms with Gasteiger partial charge in [0.15, 0.2) is 0 Å². The van der Waals surface area contributed by atoms with Gasteiger partial charge in [-0.25, -0.2) is 5.01 Å². The maximum absolute atomic E-state index is 12.9. The number of carbonyl (C=O) groups excluding carboxylic acids is 1. The number of benzene rings is 2. The fourth-order valence-corrected chi connectivity index (χ4v) is 2.64. The molecule has 0 aromatic heterocycles. The van der Waals surface area contributed by atoms with Crippen molar-refractivity contribution in [3.8, 4) is 5.75 Å². The van der Waals surface area contributed by atoms with Gasteiger partial charge in [-0.2, -0.15) is 18.3 Å². The summed E-state index contributed by atoms with van der Waals surface area (Å²) < 4.78 is 38.7. The zero-order valence-corrected chi connectivity index (χ0v) is 12.4. The van der Waals surface area contributed by atoms with Crippen LogP contribution in [0, 0.1) is 0 Å². The Morgan fingerprint density at radius 1 is 1.08 bits per heavy atom. The van der Waals surface area contributed by atoms with Gasteiger partial charge < -0.3 is 5.11 Å². The van der Waals surface area contributed by atoms with E-state index in [4.69, 9.17) is 0 Å². The second kappa shape index (κ2) is 5.99. The quantitative estimate of drug-likeness (QED) is 0.912. The highest BCUT2D eigenvalue weighted by Crippen LogP contribution is 2.38. The predicted molar refractivity (Wildman–Crippen MR) is 81.3 cm³/mol. The molecule has 1 unspecified atom stereocenters. The number of rotatable bonds is 2. The first kappa shape index (κ1) is 16.0. The maximum Gasteiger partial charge on any atom is 0.473 e. The number of phenols is 1. The Bertz CT molecular complexity index is 788. The molecule has 1 heterocycles. The molecule has 0 saturated carbocycles. The van der Waals surface area contributed by atoms with Crippen molar-refractivity contribution in [1.29, 1.82) is 0 Å². The number of amides is 1. The highest BCUT2D eigenvalue weighted by molar-refractivity contribution is 6.03. The van der Waals surface area contributed by atoms with Gasteiger partial charge in [-0.15, -0.1) is 0 Å². The number of hydrazone groups is 1. The molecule has 2 aromatic carbocycles. The predicted octanol–water partition coefficient (Wildman–Crippen LogP) is 3.63. The van der Waals surface area contributed by atoms with E-state index in [1.165, 1.54) is 12.1 Å². The monoisotopic (exact) mass is 334 g/mol. The normalized spacial score (nSPS) is 17.7. The van der Waals surface area contributed by atoms with Gasteiger partial charge in [-0.1, -0.05) is 48.5 Å². The lowest BCUT2D eigenvalue weighted by molar-refractivity contribution is -0.187. The zero-order valence-electron chi connectivity index (χ0n) is 12.4. The molecule has 2 aromatic rings. The molecule has 24 heavy (non-hydrogen) atoms. The van der Waals surface area contributed by atoms with Crippen LogP contribution in [0.15, 0.2) is 59.7 Å². The number of para-hydroxylation sites is 1. The molecule has 0 fully saturated rings. The lowest BCUT2D eigenvalue weighted by atomic mass is 9.98. The Morgan fingerprint density at radius 2 is 1.71 bits per heavy atom. The topological polar surface area (TPSA) is 52.9 Å². The van der Waals surface area contributed by atoms with E-state index in [2.05, 4.69) is 5.10 Å². The number of aromatic hydroxyl groups is 1. The summed E-state index contributed by atoms with van der Waals surface area (Å²) >= 11 is 0. The molecule has 1 N–H and O–H groups in total. The molecule has 1 amide bonds. The fraction of sp³-hybridized carbons (Fsp3) is 0.176. The molecular formula is C17H13F3N2O2. The van der Waals surface area contributed by atoms with Crippen molar-refractivity contribution >= 4 is 11.6 Å². The van der Waals surface area contributed by atoms with E-state index >= 15 is 0 Å². The Labute approximate surface area is 135 Å². The van der Waals surface area contributed by atoms with Gasteiger partial charge in [0.05, 0.1) is 11.8 Å². The zero-order chi connectivity index (χ0) is 17.3. The standard InChI is InChI=1S/C17H13F3N2O2/c18-17(19,20)16(24)22-14(12-8-4-5-9-15(12)23)10-13(21-22)11-6-2-1-3-7-11/h1-9,14,23H,10H2. The number of halogens is 3. The van der Waals surface area contributed by atoms with E-state index in [9.17, 15) is 23.1 Å². The molecule has 1 aliphatic rings. The number of alkyl halides is 3. The van der Waals surface area contributed by atoms with Crippen LogP contribution in [-0.2, 0) is 4.79 Å². The van der Waals surface area contributed by atoms with Crippen LogP contribution >= 0.6 is 0 Å². The minimum atomic E-state index is -5.04. The van der Waals surface area contributed by atoms with E-state index in [1.54, 1.807) is 42.5 Å². The third kappa shape index (κ3) is 2.97. The molecule has 1 aliphatic heterocycles. The van der Waals surface area contributed by atoms with Crippen molar-refractivity contribution in [2.45, 2.75) is 18.6 Å². The van der Waals surface area contributed by atoms with Crippen LogP contribution < -0.4 is 0 Å². The molecular weight excluding hydrogens is 321 g/mol. The molecule has 7 heteroatoms. The van der Waals surface area contributed by atoms with E-state index in [0.717, 1.165) is 0 Å². The lowest BCUT2D eigenvalue weighted by Gasteiger charge is -2.23. The molecule has 124 valence electrons. The van der Waals surface area contributed by atoms with Gasteiger partial charge in [-0.05, 0) is 11.6 Å². The van der Waals surface area contributed by atoms with Crippen LogP contribution in [0.3, 0.4) is 0 Å². The number of carbonyl (C=O) groups is 1. The summed E-state index contributed by atoms with van der Waals surface area (Å²) in [5.41, 5.74) is 1.22. The SMILES string of the molecule is O=C(N1N=C(c2ccccc2)CC1c1ccccc1O)C(F)(F)F. The van der Waals surface area contributed by atoms with E-state index < -0.39 is 18.1 Å². The van der Waals surface area contributed by atoms with Crippen LogP contribution in [0.5, 0.6) is 5.75 Å². The highest BCUT2D eigenvalue weighted by Gasteiger charge is 2.48. The van der Waals surface area contributed by atoms with Crippen LogP contribution in [0.2, 0.25) is 0 Å². The molecule has 3 rings (SSSR count).